The molecule has 1 unspecified atom stereocenters. The minimum absolute atomic E-state index is 0.113. The number of primary amides is 1. The number of rotatable bonds is 6. The van der Waals surface area contributed by atoms with E-state index in [0.29, 0.717) is 31.5 Å². The van der Waals surface area contributed by atoms with Gasteiger partial charge in [0.1, 0.15) is 12.7 Å². The normalized spacial score (nSPS) is 17.6. The van der Waals surface area contributed by atoms with Gasteiger partial charge < -0.3 is 10.6 Å². The molecule has 1 aromatic heterocycles. The van der Waals surface area contributed by atoms with Crippen LogP contribution < -0.4 is 5.73 Å². The zero-order valence-corrected chi connectivity index (χ0v) is 18.7. The third kappa shape index (κ3) is 4.20. The molecule has 2 heterocycles. The van der Waals surface area contributed by atoms with E-state index in [-0.39, 0.29) is 11.8 Å². The summed E-state index contributed by atoms with van der Waals surface area (Å²) >= 11 is 0. The summed E-state index contributed by atoms with van der Waals surface area (Å²) in [6.45, 7) is 0.791. The van der Waals surface area contributed by atoms with Gasteiger partial charge in [-0.25, -0.2) is 0 Å². The topological polar surface area (TPSA) is 94.1 Å². The molecule has 4 aromatic rings. The van der Waals surface area contributed by atoms with E-state index >= 15 is 0 Å². The van der Waals surface area contributed by atoms with Crippen molar-refractivity contribution in [2.75, 3.05) is 13.1 Å². The van der Waals surface area contributed by atoms with Gasteiger partial charge in [0.05, 0.1) is 5.41 Å². The Balaban J connectivity index is 1.33. The summed E-state index contributed by atoms with van der Waals surface area (Å²) in [5.74, 6) is -0.481. The number of likely N-dealkylation sites (tertiary alicyclic amines) is 1. The molecule has 1 atom stereocenters. The first kappa shape index (κ1) is 21.6. The van der Waals surface area contributed by atoms with Crippen molar-refractivity contribution in [3.8, 4) is 16.8 Å². The molecule has 0 radical (unpaired) electrons. The van der Waals surface area contributed by atoms with Crippen molar-refractivity contribution in [3.05, 3.63) is 103 Å². The SMILES string of the molecule is NC(=O)C1(Cc2ccc(-c3ccccc3)cc2)CCN(C(=O)c2cccc(-n3cnnc3)c2)C1. The predicted octanol–water partition coefficient (Wildman–Crippen LogP) is 3.49. The second kappa shape index (κ2) is 8.94. The van der Waals surface area contributed by atoms with Crippen molar-refractivity contribution < 1.29 is 9.59 Å². The molecule has 0 bridgehead atoms. The molecule has 0 aliphatic carbocycles. The van der Waals surface area contributed by atoms with Crippen molar-refractivity contribution >= 4 is 11.8 Å². The summed E-state index contributed by atoms with van der Waals surface area (Å²) in [7, 11) is 0. The average Bonchev–Trinajstić information content (AvgIpc) is 3.56. The summed E-state index contributed by atoms with van der Waals surface area (Å²) in [5.41, 5.74) is 9.76. The Labute approximate surface area is 197 Å². The maximum absolute atomic E-state index is 13.3. The molecule has 0 spiro atoms. The molecular formula is C27H25N5O2. The molecule has 3 aromatic carbocycles. The molecular weight excluding hydrogens is 426 g/mol. The Morgan fingerprint density at radius 1 is 0.882 bits per heavy atom. The van der Waals surface area contributed by atoms with Crippen LogP contribution in [0.2, 0.25) is 0 Å². The van der Waals surface area contributed by atoms with Crippen LogP contribution in [0, 0.1) is 5.41 Å². The second-order valence-electron chi connectivity index (χ2n) is 8.78. The first-order valence-electron chi connectivity index (χ1n) is 11.2. The molecule has 2 N–H and O–H groups in total. The third-order valence-corrected chi connectivity index (χ3v) is 6.58. The highest BCUT2D eigenvalue weighted by atomic mass is 16.2. The molecule has 1 aliphatic heterocycles. The molecule has 7 nitrogen and oxygen atoms in total. The maximum atomic E-state index is 13.3. The predicted molar refractivity (Wildman–Crippen MR) is 129 cm³/mol. The summed E-state index contributed by atoms with van der Waals surface area (Å²) in [6.07, 6.45) is 4.21. The van der Waals surface area contributed by atoms with Crippen molar-refractivity contribution in [1.82, 2.24) is 19.7 Å². The van der Waals surface area contributed by atoms with E-state index in [4.69, 9.17) is 5.73 Å². The van der Waals surface area contributed by atoms with Gasteiger partial charge in [-0.1, -0.05) is 60.7 Å². The average molecular weight is 452 g/mol. The highest BCUT2D eigenvalue weighted by molar-refractivity contribution is 5.96. The van der Waals surface area contributed by atoms with Crippen molar-refractivity contribution in [1.29, 1.82) is 0 Å². The van der Waals surface area contributed by atoms with Crippen LogP contribution in [-0.4, -0.2) is 44.6 Å². The quantitative estimate of drug-likeness (QED) is 0.486. The zero-order valence-electron chi connectivity index (χ0n) is 18.7. The van der Waals surface area contributed by atoms with Gasteiger partial charge >= 0.3 is 0 Å². The largest absolute Gasteiger partial charge is 0.369 e. The lowest BCUT2D eigenvalue weighted by molar-refractivity contribution is -0.126. The number of nitrogens with zero attached hydrogens (tertiary/aromatic N) is 4. The van der Waals surface area contributed by atoms with Gasteiger partial charge in [0, 0.05) is 24.3 Å². The molecule has 170 valence electrons. The summed E-state index contributed by atoms with van der Waals surface area (Å²) in [4.78, 5) is 27.6. The Hall–Kier alpha value is -4.26. The maximum Gasteiger partial charge on any atom is 0.253 e. The highest BCUT2D eigenvalue weighted by Crippen LogP contribution is 2.35. The van der Waals surface area contributed by atoms with E-state index < -0.39 is 5.41 Å². The number of nitrogens with two attached hydrogens (primary N) is 1. The molecule has 1 fully saturated rings. The van der Waals surface area contributed by atoms with E-state index in [1.54, 1.807) is 34.3 Å². The number of hydrogen-bond acceptors (Lipinski definition) is 4. The third-order valence-electron chi connectivity index (χ3n) is 6.58. The summed E-state index contributed by atoms with van der Waals surface area (Å²) in [5, 5.41) is 7.64. The van der Waals surface area contributed by atoms with Crippen LogP contribution in [0.5, 0.6) is 0 Å². The minimum atomic E-state index is -0.782. The van der Waals surface area contributed by atoms with Gasteiger partial charge in [-0.3, -0.25) is 14.2 Å². The van der Waals surface area contributed by atoms with Gasteiger partial charge in [0.2, 0.25) is 5.91 Å². The molecule has 0 saturated carbocycles. The summed E-state index contributed by atoms with van der Waals surface area (Å²) < 4.78 is 1.74. The number of benzene rings is 3. The van der Waals surface area contributed by atoms with Crippen LogP contribution in [0.1, 0.15) is 22.3 Å². The van der Waals surface area contributed by atoms with Gasteiger partial charge in [0.25, 0.3) is 5.91 Å². The van der Waals surface area contributed by atoms with Gasteiger partial charge in [0.15, 0.2) is 0 Å². The lowest BCUT2D eigenvalue weighted by Gasteiger charge is -2.26. The molecule has 5 rings (SSSR count). The number of amides is 2. The van der Waals surface area contributed by atoms with Crippen molar-refractivity contribution in [2.45, 2.75) is 12.8 Å². The van der Waals surface area contributed by atoms with Crippen LogP contribution in [0.15, 0.2) is 91.5 Å². The molecule has 2 amide bonds. The molecule has 7 heteroatoms. The second-order valence-corrected chi connectivity index (χ2v) is 8.78. The van der Waals surface area contributed by atoms with E-state index in [1.165, 1.54) is 0 Å². The van der Waals surface area contributed by atoms with E-state index in [9.17, 15) is 9.59 Å². The minimum Gasteiger partial charge on any atom is -0.369 e. The Morgan fingerprint density at radius 3 is 2.29 bits per heavy atom. The Kier molecular flexibility index (Phi) is 5.67. The van der Waals surface area contributed by atoms with E-state index in [2.05, 4.69) is 34.5 Å². The lowest BCUT2D eigenvalue weighted by Crippen LogP contribution is -2.42. The van der Waals surface area contributed by atoms with Crippen LogP contribution in [0.4, 0.5) is 0 Å². The fourth-order valence-electron chi connectivity index (χ4n) is 4.63. The number of carbonyl (C=O) groups is 2. The highest BCUT2D eigenvalue weighted by Gasteiger charge is 2.44. The smallest absolute Gasteiger partial charge is 0.253 e. The number of carbonyl (C=O) groups excluding carboxylic acids is 2. The monoisotopic (exact) mass is 451 g/mol. The van der Waals surface area contributed by atoms with Crippen molar-refractivity contribution in [3.63, 3.8) is 0 Å². The molecule has 1 saturated heterocycles. The lowest BCUT2D eigenvalue weighted by atomic mass is 9.80. The fraction of sp³-hybridized carbons (Fsp3) is 0.185. The first-order chi connectivity index (χ1) is 16.5. The van der Waals surface area contributed by atoms with Gasteiger partial charge in [-0.05, 0) is 47.7 Å². The Bertz CT molecular complexity index is 1300. The number of aromatic nitrogens is 3. The van der Waals surface area contributed by atoms with E-state index in [0.717, 1.165) is 22.4 Å². The summed E-state index contributed by atoms with van der Waals surface area (Å²) in [6, 6.07) is 25.7. The van der Waals surface area contributed by atoms with Crippen LogP contribution in [0.3, 0.4) is 0 Å². The Morgan fingerprint density at radius 2 is 1.59 bits per heavy atom. The van der Waals surface area contributed by atoms with Crippen LogP contribution in [0.25, 0.3) is 16.8 Å². The molecule has 34 heavy (non-hydrogen) atoms. The van der Waals surface area contributed by atoms with Crippen LogP contribution in [-0.2, 0) is 11.2 Å². The molecule has 1 aliphatic rings. The van der Waals surface area contributed by atoms with Gasteiger partial charge in [-0.2, -0.15) is 0 Å². The van der Waals surface area contributed by atoms with Crippen molar-refractivity contribution in [2.24, 2.45) is 11.1 Å². The first-order valence-corrected chi connectivity index (χ1v) is 11.2. The zero-order chi connectivity index (χ0) is 23.5. The standard InChI is InChI=1S/C27H25N5O2/c28-26(34)27(16-20-9-11-22(12-10-20)21-5-2-1-3-6-21)13-14-31(17-27)25(33)23-7-4-8-24(15-23)32-18-29-30-19-32/h1-12,15,18-19H,13-14,16-17H2,(H2,28,34). The van der Waals surface area contributed by atoms with E-state index in [1.807, 2.05) is 42.5 Å². The fourth-order valence-corrected chi connectivity index (χ4v) is 4.63. The van der Waals surface area contributed by atoms with Crippen LogP contribution >= 0.6 is 0 Å². The number of hydrogen-bond donors (Lipinski definition) is 1. The van der Waals surface area contributed by atoms with Gasteiger partial charge in [-0.15, -0.1) is 10.2 Å².